The average molecular weight is 493 g/mol. The smallest absolute Gasteiger partial charge is 0.270 e. The fourth-order valence-corrected chi connectivity index (χ4v) is 4.50. The highest BCUT2D eigenvalue weighted by molar-refractivity contribution is 7.08. The van der Waals surface area contributed by atoms with Gasteiger partial charge in [-0.15, -0.1) is 0 Å². The van der Waals surface area contributed by atoms with Crippen molar-refractivity contribution in [3.63, 3.8) is 0 Å². The van der Waals surface area contributed by atoms with Gasteiger partial charge in [-0.25, -0.2) is 4.98 Å². The number of fused-ring (bicyclic) bond motifs is 1. The second-order valence-corrected chi connectivity index (χ2v) is 8.95. The number of aliphatic hydroxyl groups is 1. The van der Waals surface area contributed by atoms with E-state index in [9.17, 15) is 14.7 Å². The van der Waals surface area contributed by atoms with Crippen LogP contribution in [0.15, 0.2) is 59.4 Å². The maximum atomic E-state index is 13.3. The van der Waals surface area contributed by atoms with Gasteiger partial charge in [0.15, 0.2) is 5.65 Å². The van der Waals surface area contributed by atoms with Gasteiger partial charge >= 0.3 is 0 Å². The molecule has 0 spiro atoms. The number of hydrogen-bond donors (Lipinski definition) is 3. The van der Waals surface area contributed by atoms with Gasteiger partial charge in [0.05, 0.1) is 31.4 Å². The third-order valence-corrected chi connectivity index (χ3v) is 6.58. The van der Waals surface area contributed by atoms with Crippen LogP contribution in [-0.2, 0) is 0 Å². The van der Waals surface area contributed by atoms with Crippen LogP contribution in [0.3, 0.4) is 0 Å². The summed E-state index contributed by atoms with van der Waals surface area (Å²) in [5.41, 5.74) is 3.23. The van der Waals surface area contributed by atoms with Crippen LogP contribution < -0.4 is 15.4 Å². The molecule has 0 saturated carbocycles. The van der Waals surface area contributed by atoms with Crippen molar-refractivity contribution in [1.29, 1.82) is 0 Å². The number of aliphatic hydroxyl groups excluding tert-OH is 1. The first-order valence-electron chi connectivity index (χ1n) is 11.4. The number of hydrogen-bond acceptors (Lipinski definition) is 6. The molecule has 9 heteroatoms. The number of thiophene rings is 1. The number of carbonyl (C=O) groups excluding carboxylic acids is 2. The minimum Gasteiger partial charge on any atom is -0.497 e. The SMILES string of the molecule is CC[C@@H](CO)NC(=O)c1c(-c2ccsc2)nc2c(C(=O)N[C@H](C)c3cccc(OC)c3)cccn12. The molecule has 0 radical (unpaired) electrons. The molecule has 35 heavy (non-hydrogen) atoms. The van der Waals surface area contributed by atoms with Gasteiger partial charge in [-0.1, -0.05) is 19.1 Å². The standard InChI is InChI=1S/C26H28N4O4S/c1-4-19(14-31)28-26(33)23-22(18-10-12-35-15-18)29-24-21(9-6-11-30(23)24)25(32)27-16(2)17-7-5-8-20(13-17)34-3/h5-13,15-16,19,31H,4,14H2,1-3H3,(H,27,32)(H,28,33)/t16-,19+/m1/s1. The molecule has 3 aromatic heterocycles. The Bertz CT molecular complexity index is 1330. The number of ether oxygens (including phenoxy) is 1. The summed E-state index contributed by atoms with van der Waals surface area (Å²) in [5, 5.41) is 19.3. The van der Waals surface area contributed by atoms with E-state index in [1.165, 1.54) is 11.3 Å². The van der Waals surface area contributed by atoms with Crippen molar-refractivity contribution in [2.45, 2.75) is 32.4 Å². The lowest BCUT2D eigenvalue weighted by molar-refractivity contribution is 0.0906. The highest BCUT2D eigenvalue weighted by atomic mass is 32.1. The molecule has 1 aromatic carbocycles. The molecule has 0 saturated heterocycles. The summed E-state index contributed by atoms with van der Waals surface area (Å²) in [5.74, 6) is 0.0479. The topological polar surface area (TPSA) is 105 Å². The van der Waals surface area contributed by atoms with Crippen LogP contribution in [0.4, 0.5) is 0 Å². The number of methoxy groups -OCH3 is 1. The molecule has 0 unspecified atom stereocenters. The number of rotatable bonds is 9. The van der Waals surface area contributed by atoms with E-state index >= 15 is 0 Å². The Morgan fingerprint density at radius 2 is 2.00 bits per heavy atom. The van der Waals surface area contributed by atoms with Crippen molar-refractivity contribution >= 4 is 28.8 Å². The summed E-state index contributed by atoms with van der Waals surface area (Å²) >= 11 is 1.50. The maximum absolute atomic E-state index is 13.3. The molecular formula is C26H28N4O4S. The Morgan fingerprint density at radius 3 is 2.69 bits per heavy atom. The van der Waals surface area contributed by atoms with Crippen LogP contribution in [0.25, 0.3) is 16.9 Å². The highest BCUT2D eigenvalue weighted by Gasteiger charge is 2.25. The highest BCUT2D eigenvalue weighted by Crippen LogP contribution is 2.28. The summed E-state index contributed by atoms with van der Waals surface area (Å²) in [6.07, 6.45) is 2.30. The molecule has 8 nitrogen and oxygen atoms in total. The molecule has 182 valence electrons. The summed E-state index contributed by atoms with van der Waals surface area (Å²) in [6, 6.07) is 12.2. The molecule has 2 amide bonds. The van der Waals surface area contributed by atoms with E-state index in [-0.39, 0.29) is 30.5 Å². The van der Waals surface area contributed by atoms with E-state index in [2.05, 4.69) is 10.6 Å². The lowest BCUT2D eigenvalue weighted by Crippen LogP contribution is -2.37. The molecule has 3 heterocycles. The second-order valence-electron chi connectivity index (χ2n) is 8.17. The first kappa shape index (κ1) is 24.4. The van der Waals surface area contributed by atoms with E-state index < -0.39 is 0 Å². The summed E-state index contributed by atoms with van der Waals surface area (Å²) in [7, 11) is 1.60. The minimum atomic E-state index is -0.376. The Balaban J connectivity index is 1.73. The third-order valence-electron chi connectivity index (χ3n) is 5.89. The summed E-state index contributed by atoms with van der Waals surface area (Å²) in [6.45, 7) is 3.62. The third kappa shape index (κ3) is 5.06. The Labute approximate surface area is 207 Å². The zero-order chi connectivity index (χ0) is 24.9. The number of amides is 2. The van der Waals surface area contributed by atoms with E-state index in [1.807, 2.05) is 54.9 Å². The molecule has 4 aromatic rings. The van der Waals surface area contributed by atoms with Gasteiger partial charge in [-0.3, -0.25) is 14.0 Å². The molecule has 0 aliphatic heterocycles. The predicted octanol–water partition coefficient (Wildman–Crippen LogP) is 4.06. The van der Waals surface area contributed by atoms with Gasteiger partial charge in [0.1, 0.15) is 17.1 Å². The van der Waals surface area contributed by atoms with Gasteiger partial charge in [0.2, 0.25) is 0 Å². The van der Waals surface area contributed by atoms with Gasteiger partial charge in [0.25, 0.3) is 11.8 Å². The van der Waals surface area contributed by atoms with Crippen LogP contribution in [-0.4, -0.2) is 46.1 Å². The molecule has 2 atom stereocenters. The number of pyridine rings is 1. The number of nitrogens with one attached hydrogen (secondary N) is 2. The lowest BCUT2D eigenvalue weighted by Gasteiger charge is -2.16. The maximum Gasteiger partial charge on any atom is 0.270 e. The number of imidazole rings is 1. The molecule has 0 bridgehead atoms. The van der Waals surface area contributed by atoms with E-state index in [0.29, 0.717) is 34.8 Å². The Hall–Kier alpha value is -3.69. The monoisotopic (exact) mass is 492 g/mol. The van der Waals surface area contributed by atoms with E-state index in [4.69, 9.17) is 9.72 Å². The number of benzene rings is 1. The molecular weight excluding hydrogens is 464 g/mol. The summed E-state index contributed by atoms with van der Waals surface area (Å²) in [4.78, 5) is 31.3. The molecule has 3 N–H and O–H groups in total. The van der Waals surface area contributed by atoms with Gasteiger partial charge in [0, 0.05) is 17.1 Å². The molecule has 0 fully saturated rings. The predicted molar refractivity (Wildman–Crippen MR) is 136 cm³/mol. The zero-order valence-electron chi connectivity index (χ0n) is 19.8. The quantitative estimate of drug-likeness (QED) is 0.327. The second kappa shape index (κ2) is 10.7. The fourth-order valence-electron chi connectivity index (χ4n) is 3.86. The van der Waals surface area contributed by atoms with E-state index in [0.717, 1.165) is 11.1 Å². The largest absolute Gasteiger partial charge is 0.497 e. The molecule has 0 aliphatic carbocycles. The van der Waals surface area contributed by atoms with Gasteiger partial charge < -0.3 is 20.5 Å². The molecule has 4 rings (SSSR count). The summed E-state index contributed by atoms with van der Waals surface area (Å²) < 4.78 is 6.93. The van der Waals surface area contributed by atoms with Gasteiger partial charge in [-0.2, -0.15) is 11.3 Å². The van der Waals surface area contributed by atoms with Crippen LogP contribution in [0.5, 0.6) is 5.75 Å². The van der Waals surface area contributed by atoms with Crippen LogP contribution in [0.1, 0.15) is 52.7 Å². The zero-order valence-corrected chi connectivity index (χ0v) is 20.6. The number of carbonyl (C=O) groups is 2. The average Bonchev–Trinajstić information content (AvgIpc) is 3.55. The van der Waals surface area contributed by atoms with Crippen molar-refractivity contribution in [3.05, 3.63) is 76.2 Å². The van der Waals surface area contributed by atoms with Crippen molar-refractivity contribution in [1.82, 2.24) is 20.0 Å². The van der Waals surface area contributed by atoms with Crippen molar-refractivity contribution in [3.8, 4) is 17.0 Å². The lowest BCUT2D eigenvalue weighted by atomic mass is 10.1. The minimum absolute atomic E-state index is 0.164. The van der Waals surface area contributed by atoms with Crippen molar-refractivity contribution < 1.29 is 19.4 Å². The first-order chi connectivity index (χ1) is 17.0. The van der Waals surface area contributed by atoms with Crippen LogP contribution in [0.2, 0.25) is 0 Å². The van der Waals surface area contributed by atoms with E-state index in [1.54, 1.807) is 29.8 Å². The van der Waals surface area contributed by atoms with Crippen LogP contribution >= 0.6 is 11.3 Å². The Kier molecular flexibility index (Phi) is 7.48. The normalized spacial score (nSPS) is 12.8. The number of aromatic nitrogens is 2. The van der Waals surface area contributed by atoms with Crippen molar-refractivity contribution in [2.75, 3.05) is 13.7 Å². The van der Waals surface area contributed by atoms with Crippen LogP contribution in [0, 0.1) is 0 Å². The Morgan fingerprint density at radius 1 is 1.17 bits per heavy atom. The molecule has 0 aliphatic rings. The first-order valence-corrected chi connectivity index (χ1v) is 12.3. The fraction of sp³-hybridized carbons (Fsp3) is 0.269. The van der Waals surface area contributed by atoms with Gasteiger partial charge in [-0.05, 0) is 54.6 Å². The number of nitrogens with zero attached hydrogens (tertiary/aromatic N) is 2. The van der Waals surface area contributed by atoms with Crippen molar-refractivity contribution in [2.24, 2.45) is 0 Å².